The van der Waals surface area contributed by atoms with Crippen molar-refractivity contribution in [2.45, 2.75) is 51.6 Å². The van der Waals surface area contributed by atoms with E-state index >= 15 is 0 Å². The van der Waals surface area contributed by atoms with Crippen LogP contribution in [-0.4, -0.2) is 43.2 Å². The number of halogens is 1. The first-order valence-electron chi connectivity index (χ1n) is 9.97. The van der Waals surface area contributed by atoms with Crippen molar-refractivity contribution in [2.24, 2.45) is 5.11 Å². The summed E-state index contributed by atoms with van der Waals surface area (Å²) in [4.78, 5) is 20.4. The van der Waals surface area contributed by atoms with Gasteiger partial charge in [-0.3, -0.25) is 4.90 Å². The number of amides is 1. The summed E-state index contributed by atoms with van der Waals surface area (Å²) in [5, 5.41) is 3.51. The van der Waals surface area contributed by atoms with Crippen LogP contribution in [0.5, 0.6) is 0 Å². The van der Waals surface area contributed by atoms with Gasteiger partial charge in [-0.15, -0.1) is 0 Å². The Kier molecular flexibility index (Phi) is 6.39. The quantitative estimate of drug-likeness (QED) is 0.253. The van der Waals surface area contributed by atoms with Crippen LogP contribution in [0.3, 0.4) is 0 Å². The number of hydrogen-bond acceptors (Lipinski definition) is 5. The number of carbonyl (C=O) groups is 1. The highest BCUT2D eigenvalue weighted by atomic mass is 28.4. The lowest BCUT2D eigenvalue weighted by Crippen LogP contribution is -2.40. The number of anilines is 1. The normalized spacial score (nSPS) is 16.9. The molecule has 0 saturated carbocycles. The zero-order valence-electron chi connectivity index (χ0n) is 18.4. The van der Waals surface area contributed by atoms with Gasteiger partial charge in [0.05, 0.1) is 43.1 Å². The third-order valence-electron chi connectivity index (χ3n) is 5.77. The summed E-state index contributed by atoms with van der Waals surface area (Å²) >= 11 is 0. The molecule has 0 aliphatic carbocycles. The summed E-state index contributed by atoms with van der Waals surface area (Å²) in [6.07, 6.45) is 2.13. The van der Waals surface area contributed by atoms with Crippen molar-refractivity contribution in [1.29, 1.82) is 0 Å². The van der Waals surface area contributed by atoms with Crippen LogP contribution in [0.15, 0.2) is 35.8 Å². The first kappa shape index (κ1) is 22.8. The van der Waals surface area contributed by atoms with Gasteiger partial charge in [0.15, 0.2) is 8.32 Å². The Morgan fingerprint density at radius 2 is 2.16 bits per heavy atom. The number of benzene rings is 1. The van der Waals surface area contributed by atoms with E-state index < -0.39 is 26.3 Å². The number of aromatic nitrogens is 2. The molecule has 1 amide bonds. The van der Waals surface area contributed by atoms with Crippen molar-refractivity contribution in [3.05, 3.63) is 52.7 Å². The van der Waals surface area contributed by atoms with Crippen LogP contribution in [0, 0.1) is 5.82 Å². The minimum atomic E-state index is -1.91. The zero-order chi connectivity index (χ0) is 22.8. The first-order chi connectivity index (χ1) is 14.5. The number of hydrogen-bond donors (Lipinski definition) is 0. The largest absolute Gasteiger partial charge is 0.444 e. The van der Waals surface area contributed by atoms with Crippen molar-refractivity contribution in [3.63, 3.8) is 0 Å². The van der Waals surface area contributed by atoms with E-state index in [1.165, 1.54) is 11.0 Å². The van der Waals surface area contributed by atoms with Crippen molar-refractivity contribution >= 4 is 20.1 Å². The second-order valence-electron chi connectivity index (χ2n) is 8.99. The second kappa shape index (κ2) is 8.70. The van der Waals surface area contributed by atoms with E-state index in [1.54, 1.807) is 29.2 Å². The van der Waals surface area contributed by atoms with E-state index in [4.69, 9.17) is 14.7 Å². The fourth-order valence-electron chi connectivity index (χ4n) is 2.87. The van der Waals surface area contributed by atoms with E-state index in [9.17, 15) is 9.18 Å². The lowest BCUT2D eigenvalue weighted by molar-refractivity contribution is 0.145. The monoisotopic (exact) mass is 446 g/mol. The molecular formula is C20H27FN6O3Si. The second-order valence-corrected chi connectivity index (χ2v) is 13.8. The number of imidazole rings is 1. The van der Waals surface area contributed by atoms with Crippen LogP contribution >= 0.6 is 0 Å². The predicted molar refractivity (Wildman–Crippen MR) is 117 cm³/mol. The van der Waals surface area contributed by atoms with Crippen molar-refractivity contribution in [2.75, 3.05) is 18.0 Å². The van der Waals surface area contributed by atoms with E-state index in [0.717, 1.165) is 5.69 Å². The molecule has 0 bridgehead atoms. The standard InChI is InChI=1S/C20H27FN6O3Si/c1-20(2,3)31(4,5)29-12-14-10-26(13-23-14)18-7-6-15(8-17(18)21)27-11-16(9-24-25-22)30-19(27)28/h6-8,10,13,16H,9,11-12H2,1-5H3/t16-/m0/s1. The van der Waals surface area contributed by atoms with Gasteiger partial charge in [-0.05, 0) is 41.9 Å². The summed E-state index contributed by atoms with van der Waals surface area (Å²) in [5.41, 5.74) is 9.81. The number of nitrogens with zero attached hydrogens (tertiary/aromatic N) is 6. The lowest BCUT2D eigenvalue weighted by Gasteiger charge is -2.35. The molecule has 31 heavy (non-hydrogen) atoms. The van der Waals surface area contributed by atoms with E-state index in [1.807, 2.05) is 0 Å². The number of cyclic esters (lactones) is 1. The minimum Gasteiger partial charge on any atom is -0.444 e. The first-order valence-corrected chi connectivity index (χ1v) is 12.9. The minimum absolute atomic E-state index is 0.0358. The van der Waals surface area contributed by atoms with Gasteiger partial charge in [-0.1, -0.05) is 25.9 Å². The average Bonchev–Trinajstić information content (AvgIpc) is 3.30. The molecule has 0 radical (unpaired) electrons. The maximum atomic E-state index is 14.8. The molecule has 11 heteroatoms. The van der Waals surface area contributed by atoms with Crippen LogP contribution in [0.1, 0.15) is 26.5 Å². The molecular weight excluding hydrogens is 419 g/mol. The maximum Gasteiger partial charge on any atom is 0.414 e. The van der Waals surface area contributed by atoms with E-state index in [2.05, 4.69) is 48.9 Å². The Labute approximate surface area is 181 Å². The lowest BCUT2D eigenvalue weighted by atomic mass is 10.2. The highest BCUT2D eigenvalue weighted by Gasteiger charge is 2.37. The SMILES string of the molecule is CC(C)(C)[Si](C)(C)OCc1cn(-c2ccc(N3C[C@H](CN=[N+]=[N-])OC3=O)cc2F)cn1. The van der Waals surface area contributed by atoms with Crippen LogP contribution < -0.4 is 4.90 Å². The number of rotatable bonds is 7. The molecule has 1 aromatic carbocycles. The summed E-state index contributed by atoms with van der Waals surface area (Å²) in [5.74, 6) is -0.502. The van der Waals surface area contributed by atoms with Crippen LogP contribution in [0.2, 0.25) is 18.1 Å². The molecule has 1 fully saturated rings. The molecule has 1 aliphatic heterocycles. The molecule has 1 aromatic heterocycles. The number of ether oxygens (including phenoxy) is 1. The summed E-state index contributed by atoms with van der Waals surface area (Å²) in [6.45, 7) is 11.4. The van der Waals surface area contributed by atoms with Crippen LogP contribution in [-0.2, 0) is 15.8 Å². The summed E-state index contributed by atoms with van der Waals surface area (Å²) < 4.78 is 27.7. The van der Waals surface area contributed by atoms with Gasteiger partial charge in [-0.25, -0.2) is 14.2 Å². The third-order valence-corrected chi connectivity index (χ3v) is 10.2. The number of carbonyl (C=O) groups excluding carboxylic acids is 1. The zero-order valence-corrected chi connectivity index (χ0v) is 19.4. The molecule has 2 heterocycles. The van der Waals surface area contributed by atoms with E-state index in [-0.39, 0.29) is 18.1 Å². The van der Waals surface area contributed by atoms with Crippen molar-refractivity contribution in [1.82, 2.24) is 9.55 Å². The topological polar surface area (TPSA) is 105 Å². The highest BCUT2D eigenvalue weighted by molar-refractivity contribution is 6.74. The van der Waals surface area contributed by atoms with Crippen molar-refractivity contribution < 1.29 is 18.3 Å². The van der Waals surface area contributed by atoms with E-state index in [0.29, 0.717) is 18.0 Å². The molecule has 0 spiro atoms. The Hall–Kier alpha value is -2.88. The third kappa shape index (κ3) is 5.06. The average molecular weight is 447 g/mol. The van der Waals surface area contributed by atoms with Gasteiger partial charge in [0.2, 0.25) is 0 Å². The molecule has 3 rings (SSSR count). The molecule has 0 N–H and O–H groups in total. The Morgan fingerprint density at radius 3 is 2.81 bits per heavy atom. The van der Waals surface area contributed by atoms with Gasteiger partial charge in [0, 0.05) is 11.1 Å². The molecule has 1 aliphatic rings. The predicted octanol–water partition coefficient (Wildman–Crippen LogP) is 5.17. The Bertz CT molecular complexity index is 1010. The van der Waals surface area contributed by atoms with Gasteiger partial charge < -0.3 is 13.7 Å². The van der Waals surface area contributed by atoms with Gasteiger partial charge in [0.1, 0.15) is 11.9 Å². The van der Waals surface area contributed by atoms with Gasteiger partial charge >= 0.3 is 6.09 Å². The van der Waals surface area contributed by atoms with Crippen LogP contribution in [0.25, 0.3) is 16.1 Å². The Morgan fingerprint density at radius 1 is 1.42 bits per heavy atom. The highest BCUT2D eigenvalue weighted by Crippen LogP contribution is 2.37. The molecule has 1 saturated heterocycles. The summed E-state index contributed by atoms with van der Waals surface area (Å²) in [7, 11) is -1.91. The van der Waals surface area contributed by atoms with Crippen molar-refractivity contribution in [3.8, 4) is 5.69 Å². The maximum absolute atomic E-state index is 14.8. The molecule has 0 unspecified atom stereocenters. The number of azide groups is 1. The van der Waals surface area contributed by atoms with Gasteiger partial charge in [0.25, 0.3) is 0 Å². The molecule has 2 aromatic rings. The smallest absolute Gasteiger partial charge is 0.414 e. The summed E-state index contributed by atoms with van der Waals surface area (Å²) in [6, 6.07) is 4.50. The fourth-order valence-corrected chi connectivity index (χ4v) is 3.81. The molecule has 1 atom stereocenters. The van der Waals surface area contributed by atoms with Crippen LogP contribution in [0.4, 0.5) is 14.9 Å². The molecule has 9 nitrogen and oxygen atoms in total. The van der Waals surface area contributed by atoms with Gasteiger partial charge in [-0.2, -0.15) is 0 Å². The Balaban J connectivity index is 1.71. The molecule has 166 valence electrons. The fraction of sp³-hybridized carbons (Fsp3) is 0.500.